The van der Waals surface area contributed by atoms with E-state index >= 15 is 0 Å². The number of carbonyl (C=O) groups excluding carboxylic acids is 2. The average molecular weight is 485 g/mol. The van der Waals surface area contributed by atoms with Crippen molar-refractivity contribution in [1.29, 1.82) is 0 Å². The topological polar surface area (TPSA) is 78.9 Å². The van der Waals surface area contributed by atoms with Gasteiger partial charge in [0.25, 0.3) is 0 Å². The van der Waals surface area contributed by atoms with E-state index in [4.69, 9.17) is 18.3 Å². The van der Waals surface area contributed by atoms with Crippen LogP contribution >= 0.6 is 0 Å². The summed E-state index contributed by atoms with van der Waals surface area (Å²) in [6, 6.07) is 14.2. The maximum atomic E-state index is 13.1. The lowest BCUT2D eigenvalue weighted by Crippen LogP contribution is -2.13. The Hall–Kier alpha value is -4.32. The summed E-state index contributed by atoms with van der Waals surface area (Å²) in [7, 11) is 0. The zero-order valence-electron chi connectivity index (χ0n) is 21.2. The van der Waals surface area contributed by atoms with Gasteiger partial charge in [-0.1, -0.05) is 35.4 Å². The number of furan rings is 2. The van der Waals surface area contributed by atoms with E-state index in [9.17, 15) is 9.59 Å². The van der Waals surface area contributed by atoms with Crippen LogP contribution in [0.4, 0.5) is 0 Å². The highest BCUT2D eigenvalue weighted by Gasteiger charge is 2.28. The second-order valence-electron chi connectivity index (χ2n) is 8.94. The fourth-order valence-corrected chi connectivity index (χ4v) is 4.57. The fourth-order valence-electron chi connectivity index (χ4n) is 4.57. The molecule has 2 aromatic heterocycles. The Balaban J connectivity index is 2.03. The zero-order chi connectivity index (χ0) is 26.0. The lowest BCUT2D eigenvalue weighted by molar-refractivity contribution is 0.0612. The molecule has 2 heterocycles. The summed E-state index contributed by atoms with van der Waals surface area (Å²) >= 11 is 0. The summed E-state index contributed by atoms with van der Waals surface area (Å²) in [5.74, 6) is -1.10. The standard InChI is InChI=1S/C30H28O6/c1-17-13-19(3)25(20(4)14-17)27(35-29(31)23-9-7-11-33-23)28(36-30(32)24-10-8-12-34-24)26-21(5)15-18(2)16-22(26)6/h7-16H,1-6H3/b28-27+. The molecule has 0 fully saturated rings. The summed E-state index contributed by atoms with van der Waals surface area (Å²) in [6.45, 7) is 11.7. The lowest BCUT2D eigenvalue weighted by Gasteiger charge is -2.21. The summed E-state index contributed by atoms with van der Waals surface area (Å²) in [5.41, 5.74) is 6.88. The Kier molecular flexibility index (Phi) is 6.97. The molecule has 2 aromatic carbocycles. The number of hydrogen-bond acceptors (Lipinski definition) is 6. The minimum absolute atomic E-state index is 0.0315. The van der Waals surface area contributed by atoms with Crippen molar-refractivity contribution in [3.05, 3.63) is 117 Å². The first-order valence-electron chi connectivity index (χ1n) is 11.6. The first-order chi connectivity index (χ1) is 17.2. The number of ether oxygens (including phenoxy) is 2. The molecular weight excluding hydrogens is 456 g/mol. The SMILES string of the molecule is Cc1cc(C)c(/C(OC(=O)c2ccco2)=C(\OC(=O)c2ccco2)c2c(C)cc(C)cc2C)c(C)c1. The van der Waals surface area contributed by atoms with Gasteiger partial charge >= 0.3 is 11.9 Å². The van der Waals surface area contributed by atoms with E-state index in [-0.39, 0.29) is 23.0 Å². The molecule has 0 radical (unpaired) electrons. The van der Waals surface area contributed by atoms with Gasteiger partial charge in [-0.3, -0.25) is 0 Å². The van der Waals surface area contributed by atoms with Gasteiger partial charge in [0.1, 0.15) is 0 Å². The van der Waals surface area contributed by atoms with Crippen LogP contribution in [-0.2, 0) is 9.47 Å². The molecule has 36 heavy (non-hydrogen) atoms. The van der Waals surface area contributed by atoms with E-state index in [1.807, 2.05) is 65.8 Å². The molecule has 0 unspecified atom stereocenters. The van der Waals surface area contributed by atoms with Crippen LogP contribution in [0.25, 0.3) is 11.5 Å². The molecule has 4 aromatic rings. The van der Waals surface area contributed by atoms with Crippen molar-refractivity contribution in [2.24, 2.45) is 0 Å². The van der Waals surface area contributed by atoms with Crippen molar-refractivity contribution >= 4 is 23.5 Å². The van der Waals surface area contributed by atoms with Gasteiger partial charge in [-0.2, -0.15) is 0 Å². The quantitative estimate of drug-likeness (QED) is 0.163. The van der Waals surface area contributed by atoms with E-state index in [1.165, 1.54) is 24.7 Å². The number of aryl methyl sites for hydroxylation is 6. The Morgan fingerprint density at radius 2 is 0.917 bits per heavy atom. The average Bonchev–Trinajstić information content (AvgIpc) is 3.50. The van der Waals surface area contributed by atoms with Crippen molar-refractivity contribution in [2.75, 3.05) is 0 Å². The minimum Gasteiger partial charge on any atom is -0.457 e. The molecule has 6 heteroatoms. The molecular formula is C30H28O6. The van der Waals surface area contributed by atoms with Gasteiger partial charge in [-0.05, 0) is 88.1 Å². The Bertz CT molecular complexity index is 1300. The van der Waals surface area contributed by atoms with E-state index < -0.39 is 11.9 Å². The summed E-state index contributed by atoms with van der Waals surface area (Å²) < 4.78 is 22.6. The van der Waals surface area contributed by atoms with Gasteiger partial charge in [0.2, 0.25) is 11.5 Å². The highest BCUT2D eigenvalue weighted by atomic mass is 16.6. The molecule has 0 aliphatic carbocycles. The van der Waals surface area contributed by atoms with Crippen molar-refractivity contribution in [3.8, 4) is 0 Å². The highest BCUT2D eigenvalue weighted by Crippen LogP contribution is 2.37. The van der Waals surface area contributed by atoms with Crippen LogP contribution in [0.2, 0.25) is 0 Å². The minimum atomic E-state index is -0.705. The summed E-state index contributed by atoms with van der Waals surface area (Å²) in [4.78, 5) is 26.3. The molecule has 184 valence electrons. The Labute approximate surface area is 210 Å². The third-order valence-corrected chi connectivity index (χ3v) is 5.85. The van der Waals surface area contributed by atoms with Gasteiger partial charge in [-0.15, -0.1) is 0 Å². The normalized spacial score (nSPS) is 11.7. The van der Waals surface area contributed by atoms with Crippen LogP contribution in [0.5, 0.6) is 0 Å². The van der Waals surface area contributed by atoms with Gasteiger partial charge in [0.15, 0.2) is 11.5 Å². The van der Waals surface area contributed by atoms with Crippen molar-refractivity contribution < 1.29 is 27.9 Å². The molecule has 0 aliphatic rings. The van der Waals surface area contributed by atoms with E-state index in [1.54, 1.807) is 12.1 Å². The second kappa shape index (κ2) is 10.1. The molecule has 0 spiro atoms. The van der Waals surface area contributed by atoms with Crippen LogP contribution in [0, 0.1) is 41.5 Å². The smallest absolute Gasteiger partial charge is 0.379 e. The van der Waals surface area contributed by atoms with E-state index in [2.05, 4.69) is 0 Å². The Morgan fingerprint density at radius 3 is 1.19 bits per heavy atom. The lowest BCUT2D eigenvalue weighted by atomic mass is 9.93. The molecule has 0 aliphatic heterocycles. The van der Waals surface area contributed by atoms with Gasteiger partial charge in [0, 0.05) is 11.1 Å². The molecule has 0 bridgehead atoms. The maximum Gasteiger partial charge on any atom is 0.379 e. The zero-order valence-corrected chi connectivity index (χ0v) is 21.2. The maximum absolute atomic E-state index is 13.1. The van der Waals surface area contributed by atoms with Crippen LogP contribution in [0.3, 0.4) is 0 Å². The van der Waals surface area contributed by atoms with Crippen molar-refractivity contribution in [2.45, 2.75) is 41.5 Å². The third kappa shape index (κ3) is 5.03. The van der Waals surface area contributed by atoms with Gasteiger partial charge in [0.05, 0.1) is 12.5 Å². The molecule has 6 nitrogen and oxygen atoms in total. The number of esters is 2. The number of carbonyl (C=O) groups is 2. The van der Waals surface area contributed by atoms with E-state index in [0.717, 1.165) is 33.4 Å². The molecule has 0 N–H and O–H groups in total. The number of hydrogen-bond donors (Lipinski definition) is 0. The van der Waals surface area contributed by atoms with Crippen LogP contribution in [0.1, 0.15) is 65.6 Å². The molecule has 0 amide bonds. The molecule has 0 atom stereocenters. The van der Waals surface area contributed by atoms with Crippen LogP contribution in [0.15, 0.2) is 69.9 Å². The van der Waals surface area contributed by atoms with Crippen molar-refractivity contribution in [3.63, 3.8) is 0 Å². The third-order valence-electron chi connectivity index (χ3n) is 5.85. The molecule has 4 rings (SSSR count). The van der Waals surface area contributed by atoms with Crippen LogP contribution in [-0.4, -0.2) is 11.9 Å². The second-order valence-corrected chi connectivity index (χ2v) is 8.94. The summed E-state index contributed by atoms with van der Waals surface area (Å²) in [5, 5.41) is 0. The number of benzene rings is 2. The predicted molar refractivity (Wildman–Crippen MR) is 136 cm³/mol. The highest BCUT2D eigenvalue weighted by molar-refractivity contribution is 6.00. The summed E-state index contributed by atoms with van der Waals surface area (Å²) in [6.07, 6.45) is 2.79. The fraction of sp³-hybridized carbons (Fsp3) is 0.200. The first kappa shape index (κ1) is 24.8. The molecule has 0 saturated heterocycles. The predicted octanol–water partition coefficient (Wildman–Crippen LogP) is 7.26. The number of rotatable bonds is 6. The van der Waals surface area contributed by atoms with Gasteiger partial charge in [-0.25, -0.2) is 9.59 Å². The Morgan fingerprint density at radius 1 is 0.583 bits per heavy atom. The van der Waals surface area contributed by atoms with Gasteiger partial charge < -0.3 is 18.3 Å². The van der Waals surface area contributed by atoms with Crippen molar-refractivity contribution in [1.82, 2.24) is 0 Å². The van der Waals surface area contributed by atoms with Crippen LogP contribution < -0.4 is 0 Å². The largest absolute Gasteiger partial charge is 0.457 e. The molecule has 0 saturated carbocycles. The monoisotopic (exact) mass is 484 g/mol. The van der Waals surface area contributed by atoms with E-state index in [0.29, 0.717) is 11.1 Å². The first-order valence-corrected chi connectivity index (χ1v) is 11.6.